The third-order valence-electron chi connectivity index (χ3n) is 4.35. The van der Waals surface area contributed by atoms with E-state index in [1.54, 1.807) is 0 Å². The van der Waals surface area contributed by atoms with Gasteiger partial charge in [-0.05, 0) is 42.5 Å². The van der Waals surface area contributed by atoms with Crippen LogP contribution in [-0.2, 0) is 0 Å². The highest BCUT2D eigenvalue weighted by Gasteiger charge is 2.25. The van der Waals surface area contributed by atoms with Gasteiger partial charge in [0.1, 0.15) is 5.15 Å². The lowest BCUT2D eigenvalue weighted by atomic mass is 10.0. The molecule has 0 atom stereocenters. The predicted octanol–water partition coefficient (Wildman–Crippen LogP) is 3.14. The fraction of sp³-hybridized carbons (Fsp3) is 0.714. The van der Waals surface area contributed by atoms with E-state index in [9.17, 15) is 0 Å². The lowest BCUT2D eigenvalue weighted by Gasteiger charge is -2.32. The number of hydrogen-bond acceptors (Lipinski definition) is 4. The Morgan fingerprint density at radius 3 is 2.40 bits per heavy atom. The molecule has 0 amide bonds. The van der Waals surface area contributed by atoms with Gasteiger partial charge in [-0.15, -0.1) is 0 Å². The Bertz CT molecular complexity index is 482. The van der Waals surface area contributed by atoms with Crippen LogP contribution in [-0.4, -0.2) is 48.1 Å². The molecule has 2 aliphatic rings. The summed E-state index contributed by atoms with van der Waals surface area (Å²) in [6.07, 6.45) is 5.11. The first kappa shape index (κ1) is 14.8. The molecule has 0 aromatic carbocycles. The van der Waals surface area contributed by atoms with Crippen LogP contribution in [0.5, 0.6) is 0 Å². The molecular formula is C14H20ClIN4. The van der Waals surface area contributed by atoms with Gasteiger partial charge in [0.25, 0.3) is 0 Å². The molecule has 1 aromatic heterocycles. The van der Waals surface area contributed by atoms with Crippen LogP contribution in [0.3, 0.4) is 0 Å². The van der Waals surface area contributed by atoms with Gasteiger partial charge in [0.05, 0.1) is 9.26 Å². The van der Waals surface area contributed by atoms with Crippen molar-refractivity contribution in [2.24, 2.45) is 0 Å². The van der Waals surface area contributed by atoms with Gasteiger partial charge in [0, 0.05) is 32.1 Å². The Morgan fingerprint density at radius 2 is 1.75 bits per heavy atom. The minimum Gasteiger partial charge on any atom is -0.338 e. The maximum atomic E-state index is 6.35. The summed E-state index contributed by atoms with van der Waals surface area (Å²) >= 11 is 8.65. The van der Waals surface area contributed by atoms with E-state index in [1.165, 1.54) is 31.4 Å². The quantitative estimate of drug-likeness (QED) is 0.558. The van der Waals surface area contributed by atoms with E-state index in [1.807, 2.05) is 0 Å². The Hall–Kier alpha value is -0.140. The molecule has 3 rings (SSSR count). The van der Waals surface area contributed by atoms with Crippen LogP contribution in [0.15, 0.2) is 0 Å². The zero-order valence-electron chi connectivity index (χ0n) is 11.8. The molecule has 110 valence electrons. The van der Waals surface area contributed by atoms with Crippen LogP contribution in [0, 0.1) is 3.57 Å². The molecular weight excluding hydrogens is 387 g/mol. The van der Waals surface area contributed by atoms with E-state index in [0.717, 1.165) is 35.7 Å². The van der Waals surface area contributed by atoms with Crippen LogP contribution < -0.4 is 4.90 Å². The second-order valence-corrected chi connectivity index (χ2v) is 7.22. The highest BCUT2D eigenvalue weighted by molar-refractivity contribution is 14.1. The van der Waals surface area contributed by atoms with Crippen LogP contribution in [0.2, 0.25) is 5.15 Å². The van der Waals surface area contributed by atoms with E-state index in [2.05, 4.69) is 44.4 Å². The third kappa shape index (κ3) is 3.04. The zero-order valence-corrected chi connectivity index (χ0v) is 14.7. The normalized spacial score (nSPS) is 21.6. The molecule has 0 unspecified atom stereocenters. The van der Waals surface area contributed by atoms with Gasteiger partial charge in [-0.2, -0.15) is 4.98 Å². The molecule has 1 aliphatic heterocycles. The SMILES string of the molecule is CN1CCN(c2nc(Cl)c(I)c(C3CCCC3)n2)CC1. The van der Waals surface area contributed by atoms with Crippen molar-refractivity contribution in [1.82, 2.24) is 14.9 Å². The summed E-state index contributed by atoms with van der Waals surface area (Å²) in [5.41, 5.74) is 1.18. The lowest BCUT2D eigenvalue weighted by molar-refractivity contribution is 0.311. The molecule has 4 nitrogen and oxygen atoms in total. The lowest BCUT2D eigenvalue weighted by Crippen LogP contribution is -2.45. The minimum absolute atomic E-state index is 0.577. The number of aromatic nitrogens is 2. The summed E-state index contributed by atoms with van der Waals surface area (Å²) in [7, 11) is 2.16. The topological polar surface area (TPSA) is 32.3 Å². The standard InChI is InChI=1S/C14H20ClIN4/c1-19-6-8-20(9-7-19)14-17-12(10-4-2-3-5-10)11(16)13(15)18-14/h10H,2-9H2,1H3. The Balaban J connectivity index is 1.87. The number of rotatable bonds is 2. The van der Waals surface area contributed by atoms with E-state index in [-0.39, 0.29) is 0 Å². The molecule has 0 N–H and O–H groups in total. The summed E-state index contributed by atoms with van der Waals surface area (Å²) in [5, 5.41) is 0.622. The van der Waals surface area contributed by atoms with Gasteiger partial charge in [-0.1, -0.05) is 24.4 Å². The first-order valence-electron chi connectivity index (χ1n) is 7.31. The summed E-state index contributed by atoms with van der Waals surface area (Å²) < 4.78 is 1.05. The maximum Gasteiger partial charge on any atom is 0.227 e. The second kappa shape index (κ2) is 6.32. The van der Waals surface area contributed by atoms with Crippen LogP contribution in [0.4, 0.5) is 5.95 Å². The third-order valence-corrected chi connectivity index (χ3v) is 6.01. The molecule has 0 radical (unpaired) electrons. The molecule has 2 heterocycles. The Labute approximate surface area is 139 Å². The summed E-state index contributed by atoms with van der Waals surface area (Å²) in [4.78, 5) is 14.0. The van der Waals surface area contributed by atoms with Crippen LogP contribution in [0.25, 0.3) is 0 Å². The zero-order chi connectivity index (χ0) is 14.1. The van der Waals surface area contributed by atoms with Gasteiger partial charge in [-0.25, -0.2) is 4.98 Å². The molecule has 1 aromatic rings. The monoisotopic (exact) mass is 406 g/mol. The fourth-order valence-corrected chi connectivity index (χ4v) is 3.90. The van der Waals surface area contributed by atoms with E-state index in [0.29, 0.717) is 11.1 Å². The summed E-state index contributed by atoms with van der Waals surface area (Å²) in [5.74, 6) is 1.40. The number of likely N-dealkylation sites (N-methyl/N-ethyl adjacent to an activating group) is 1. The van der Waals surface area contributed by atoms with Crippen LogP contribution >= 0.6 is 34.2 Å². The van der Waals surface area contributed by atoms with Crippen molar-refractivity contribution >= 4 is 40.1 Å². The number of anilines is 1. The number of hydrogen-bond donors (Lipinski definition) is 0. The van der Waals surface area contributed by atoms with Crippen molar-refractivity contribution in [3.05, 3.63) is 14.4 Å². The minimum atomic E-state index is 0.577. The maximum absolute atomic E-state index is 6.35. The first-order valence-corrected chi connectivity index (χ1v) is 8.77. The molecule has 20 heavy (non-hydrogen) atoms. The molecule has 1 saturated heterocycles. The molecule has 2 fully saturated rings. The Morgan fingerprint density at radius 1 is 1.10 bits per heavy atom. The second-order valence-electron chi connectivity index (χ2n) is 5.79. The van der Waals surface area contributed by atoms with Gasteiger partial charge >= 0.3 is 0 Å². The van der Waals surface area contributed by atoms with Gasteiger partial charge in [0.15, 0.2) is 0 Å². The molecule has 0 bridgehead atoms. The van der Waals surface area contributed by atoms with Crippen molar-refractivity contribution in [2.75, 3.05) is 38.1 Å². The highest BCUT2D eigenvalue weighted by atomic mass is 127. The van der Waals surface area contributed by atoms with E-state index in [4.69, 9.17) is 16.6 Å². The first-order chi connectivity index (χ1) is 9.65. The Kier molecular flexibility index (Phi) is 4.67. The molecule has 0 spiro atoms. The smallest absolute Gasteiger partial charge is 0.227 e. The molecule has 1 aliphatic carbocycles. The van der Waals surface area contributed by atoms with Crippen molar-refractivity contribution < 1.29 is 0 Å². The number of piperazine rings is 1. The van der Waals surface area contributed by atoms with Crippen molar-refractivity contribution in [3.8, 4) is 0 Å². The van der Waals surface area contributed by atoms with Crippen molar-refractivity contribution in [2.45, 2.75) is 31.6 Å². The largest absolute Gasteiger partial charge is 0.338 e. The number of nitrogens with zero attached hydrogens (tertiary/aromatic N) is 4. The van der Waals surface area contributed by atoms with Gasteiger partial charge in [-0.3, -0.25) is 0 Å². The molecule has 1 saturated carbocycles. The summed E-state index contributed by atoms with van der Waals surface area (Å²) in [6.45, 7) is 4.09. The van der Waals surface area contributed by atoms with Crippen molar-refractivity contribution in [1.29, 1.82) is 0 Å². The average Bonchev–Trinajstić information content (AvgIpc) is 2.96. The van der Waals surface area contributed by atoms with E-state index >= 15 is 0 Å². The highest BCUT2D eigenvalue weighted by Crippen LogP contribution is 2.37. The van der Waals surface area contributed by atoms with Crippen LogP contribution in [0.1, 0.15) is 37.3 Å². The fourth-order valence-electron chi connectivity index (χ4n) is 3.04. The predicted molar refractivity (Wildman–Crippen MR) is 90.7 cm³/mol. The number of halogens is 2. The van der Waals surface area contributed by atoms with E-state index < -0.39 is 0 Å². The average molecular weight is 407 g/mol. The van der Waals surface area contributed by atoms with Gasteiger partial charge in [0.2, 0.25) is 5.95 Å². The summed E-state index contributed by atoms with van der Waals surface area (Å²) in [6, 6.07) is 0. The van der Waals surface area contributed by atoms with Gasteiger partial charge < -0.3 is 9.80 Å². The molecule has 6 heteroatoms. The van der Waals surface area contributed by atoms with Crippen molar-refractivity contribution in [3.63, 3.8) is 0 Å².